The maximum atomic E-state index is 12.3. The molecular formula is C17H21N3O3S. The SMILES string of the molecule is CC(=O)NCCNC(=O)c1ccccc1SCc1c(C)noc1C. The van der Waals surface area contributed by atoms with Crippen molar-refractivity contribution in [1.29, 1.82) is 0 Å². The summed E-state index contributed by atoms with van der Waals surface area (Å²) in [7, 11) is 0. The Morgan fingerprint density at radius 2 is 1.88 bits per heavy atom. The summed E-state index contributed by atoms with van der Waals surface area (Å²) in [5.41, 5.74) is 2.55. The Hall–Kier alpha value is -2.28. The van der Waals surface area contributed by atoms with Crippen molar-refractivity contribution < 1.29 is 14.1 Å². The number of nitrogens with one attached hydrogen (secondary N) is 2. The molecule has 2 N–H and O–H groups in total. The summed E-state index contributed by atoms with van der Waals surface area (Å²) >= 11 is 1.57. The van der Waals surface area contributed by atoms with Crippen molar-refractivity contribution in [2.45, 2.75) is 31.4 Å². The minimum Gasteiger partial charge on any atom is -0.361 e. The smallest absolute Gasteiger partial charge is 0.252 e. The molecule has 0 bridgehead atoms. The fourth-order valence-corrected chi connectivity index (χ4v) is 3.35. The van der Waals surface area contributed by atoms with Crippen LogP contribution in [0.1, 0.15) is 34.3 Å². The van der Waals surface area contributed by atoms with Crippen LogP contribution in [0, 0.1) is 13.8 Å². The van der Waals surface area contributed by atoms with E-state index in [1.165, 1.54) is 6.92 Å². The van der Waals surface area contributed by atoms with Crippen molar-refractivity contribution in [3.63, 3.8) is 0 Å². The molecule has 0 aliphatic rings. The van der Waals surface area contributed by atoms with Gasteiger partial charge in [0.15, 0.2) is 0 Å². The van der Waals surface area contributed by atoms with E-state index in [-0.39, 0.29) is 11.8 Å². The molecule has 2 amide bonds. The second-order valence-electron chi connectivity index (χ2n) is 5.33. The Kier molecular flexibility index (Phi) is 6.43. The van der Waals surface area contributed by atoms with Gasteiger partial charge in [0.2, 0.25) is 5.91 Å². The Balaban J connectivity index is 1.99. The van der Waals surface area contributed by atoms with E-state index in [2.05, 4.69) is 15.8 Å². The van der Waals surface area contributed by atoms with Gasteiger partial charge in [0.25, 0.3) is 5.91 Å². The van der Waals surface area contributed by atoms with Crippen molar-refractivity contribution in [3.05, 3.63) is 46.8 Å². The molecule has 6 nitrogen and oxygen atoms in total. The number of hydrogen-bond donors (Lipinski definition) is 2. The fraction of sp³-hybridized carbons (Fsp3) is 0.353. The molecule has 0 atom stereocenters. The zero-order valence-corrected chi connectivity index (χ0v) is 14.8. The lowest BCUT2D eigenvalue weighted by Crippen LogP contribution is -2.33. The van der Waals surface area contributed by atoms with Gasteiger partial charge in [-0.25, -0.2) is 0 Å². The Labute approximate surface area is 145 Å². The summed E-state index contributed by atoms with van der Waals surface area (Å²) in [6.07, 6.45) is 0. The zero-order chi connectivity index (χ0) is 17.5. The van der Waals surface area contributed by atoms with E-state index in [0.29, 0.717) is 24.4 Å². The number of aromatic nitrogens is 1. The van der Waals surface area contributed by atoms with Crippen LogP contribution >= 0.6 is 11.8 Å². The molecule has 0 saturated carbocycles. The molecule has 0 aliphatic heterocycles. The Morgan fingerprint density at radius 1 is 1.17 bits per heavy atom. The second kappa shape index (κ2) is 8.54. The third-order valence-corrected chi connectivity index (χ3v) is 4.57. The molecule has 0 saturated heterocycles. The molecule has 1 heterocycles. The molecule has 24 heavy (non-hydrogen) atoms. The van der Waals surface area contributed by atoms with E-state index < -0.39 is 0 Å². The highest BCUT2D eigenvalue weighted by molar-refractivity contribution is 7.98. The number of thioether (sulfide) groups is 1. The summed E-state index contributed by atoms with van der Waals surface area (Å²) < 4.78 is 5.17. The number of nitrogens with zero attached hydrogens (tertiary/aromatic N) is 1. The lowest BCUT2D eigenvalue weighted by Gasteiger charge is -2.10. The molecule has 1 aromatic carbocycles. The number of amides is 2. The topological polar surface area (TPSA) is 84.2 Å². The van der Waals surface area contributed by atoms with Crippen LogP contribution in [0.2, 0.25) is 0 Å². The number of carbonyl (C=O) groups excluding carboxylic acids is 2. The highest BCUT2D eigenvalue weighted by atomic mass is 32.2. The molecule has 7 heteroatoms. The molecular weight excluding hydrogens is 326 g/mol. The maximum absolute atomic E-state index is 12.3. The number of hydrogen-bond acceptors (Lipinski definition) is 5. The number of aryl methyl sites for hydroxylation is 2. The molecule has 2 rings (SSSR count). The second-order valence-corrected chi connectivity index (χ2v) is 6.34. The van der Waals surface area contributed by atoms with Gasteiger partial charge >= 0.3 is 0 Å². The van der Waals surface area contributed by atoms with E-state index >= 15 is 0 Å². The molecule has 1 aromatic heterocycles. The van der Waals surface area contributed by atoms with E-state index in [0.717, 1.165) is 21.9 Å². The summed E-state index contributed by atoms with van der Waals surface area (Å²) in [5, 5.41) is 9.41. The van der Waals surface area contributed by atoms with Gasteiger partial charge in [-0.3, -0.25) is 9.59 Å². The van der Waals surface area contributed by atoms with Gasteiger partial charge in [-0.15, -0.1) is 11.8 Å². The van der Waals surface area contributed by atoms with E-state index in [1.54, 1.807) is 17.8 Å². The van der Waals surface area contributed by atoms with Gasteiger partial charge in [0.1, 0.15) is 5.76 Å². The van der Waals surface area contributed by atoms with Gasteiger partial charge in [-0.1, -0.05) is 17.3 Å². The monoisotopic (exact) mass is 347 g/mol. The molecule has 0 radical (unpaired) electrons. The maximum Gasteiger partial charge on any atom is 0.252 e. The normalized spacial score (nSPS) is 10.5. The van der Waals surface area contributed by atoms with Gasteiger partial charge in [-0.05, 0) is 26.0 Å². The van der Waals surface area contributed by atoms with Crippen LogP contribution in [0.25, 0.3) is 0 Å². The number of carbonyl (C=O) groups is 2. The minimum atomic E-state index is -0.151. The van der Waals surface area contributed by atoms with Crippen LogP contribution < -0.4 is 10.6 Å². The van der Waals surface area contributed by atoms with Gasteiger partial charge in [0, 0.05) is 36.2 Å². The predicted molar refractivity (Wildman–Crippen MR) is 93.0 cm³/mol. The first kappa shape index (κ1) is 18.1. The predicted octanol–water partition coefficient (Wildman–Crippen LogP) is 2.45. The van der Waals surface area contributed by atoms with Gasteiger partial charge in [0.05, 0.1) is 11.3 Å². The zero-order valence-electron chi connectivity index (χ0n) is 14.0. The third kappa shape index (κ3) is 4.86. The van der Waals surface area contributed by atoms with Crippen molar-refractivity contribution >= 4 is 23.6 Å². The molecule has 0 fully saturated rings. The summed E-state index contributed by atoms with van der Waals surface area (Å²) in [5.74, 6) is 1.23. The molecule has 2 aromatic rings. The molecule has 0 unspecified atom stereocenters. The van der Waals surface area contributed by atoms with Crippen molar-refractivity contribution in [2.75, 3.05) is 13.1 Å². The summed E-state index contributed by atoms with van der Waals surface area (Å²) in [4.78, 5) is 24.1. The van der Waals surface area contributed by atoms with Crippen LogP contribution in [-0.4, -0.2) is 30.1 Å². The van der Waals surface area contributed by atoms with Gasteiger partial charge in [-0.2, -0.15) is 0 Å². The molecule has 128 valence electrons. The first-order valence-corrected chi connectivity index (χ1v) is 8.63. The Bertz CT molecular complexity index is 708. The number of benzene rings is 1. The highest BCUT2D eigenvalue weighted by Crippen LogP contribution is 2.28. The van der Waals surface area contributed by atoms with Crippen LogP contribution in [0.4, 0.5) is 0 Å². The molecule has 0 spiro atoms. The van der Waals surface area contributed by atoms with Crippen molar-refractivity contribution in [1.82, 2.24) is 15.8 Å². The minimum absolute atomic E-state index is 0.111. The first-order chi connectivity index (χ1) is 11.5. The largest absolute Gasteiger partial charge is 0.361 e. The quantitative estimate of drug-likeness (QED) is 0.594. The Morgan fingerprint density at radius 3 is 2.54 bits per heavy atom. The lowest BCUT2D eigenvalue weighted by molar-refractivity contribution is -0.118. The van der Waals surface area contributed by atoms with Crippen LogP contribution in [0.3, 0.4) is 0 Å². The fourth-order valence-electron chi connectivity index (χ4n) is 2.15. The van der Waals surface area contributed by atoms with E-state index in [9.17, 15) is 9.59 Å². The first-order valence-electron chi connectivity index (χ1n) is 7.65. The average molecular weight is 347 g/mol. The van der Waals surface area contributed by atoms with E-state index in [1.807, 2.05) is 32.0 Å². The third-order valence-electron chi connectivity index (χ3n) is 3.47. The van der Waals surface area contributed by atoms with Crippen molar-refractivity contribution in [3.8, 4) is 0 Å². The van der Waals surface area contributed by atoms with Crippen LogP contribution in [0.15, 0.2) is 33.7 Å². The standard InChI is InChI=1S/C17H21N3O3S/c1-11-15(12(2)23-20-11)10-24-16-7-5-4-6-14(16)17(22)19-9-8-18-13(3)21/h4-7H,8-10H2,1-3H3,(H,18,21)(H,19,22). The van der Waals surface area contributed by atoms with Crippen LogP contribution in [0.5, 0.6) is 0 Å². The number of rotatable bonds is 7. The summed E-state index contributed by atoms with van der Waals surface area (Å²) in [6.45, 7) is 6.04. The van der Waals surface area contributed by atoms with Crippen LogP contribution in [-0.2, 0) is 10.5 Å². The average Bonchev–Trinajstić information content (AvgIpc) is 2.88. The molecule has 0 aliphatic carbocycles. The lowest BCUT2D eigenvalue weighted by atomic mass is 10.2. The van der Waals surface area contributed by atoms with Gasteiger partial charge < -0.3 is 15.2 Å². The summed E-state index contributed by atoms with van der Waals surface area (Å²) in [6, 6.07) is 7.46. The van der Waals surface area contributed by atoms with E-state index in [4.69, 9.17) is 4.52 Å². The highest BCUT2D eigenvalue weighted by Gasteiger charge is 2.14. The van der Waals surface area contributed by atoms with Crippen molar-refractivity contribution in [2.24, 2.45) is 0 Å².